The van der Waals surface area contributed by atoms with Gasteiger partial charge in [0.1, 0.15) is 12.7 Å². The third-order valence-electron chi connectivity index (χ3n) is 1.26. The molecule has 0 saturated heterocycles. The van der Waals surface area contributed by atoms with Crippen LogP contribution in [0.15, 0.2) is 16.7 Å². The zero-order valence-electron chi connectivity index (χ0n) is 6.63. The number of rotatable bonds is 3. The third-order valence-corrected chi connectivity index (χ3v) is 1.85. The van der Waals surface area contributed by atoms with E-state index in [0.717, 1.165) is 4.47 Å². The molecule has 0 amide bonds. The molecule has 0 N–H and O–H groups in total. The maximum Gasteiger partial charge on any atom is 0.182 e. The van der Waals surface area contributed by atoms with Crippen molar-refractivity contribution in [1.29, 1.82) is 5.26 Å². The van der Waals surface area contributed by atoms with E-state index in [1.54, 1.807) is 12.3 Å². The van der Waals surface area contributed by atoms with Gasteiger partial charge in [-0.1, -0.05) is 0 Å². The maximum absolute atomic E-state index is 8.67. The Morgan fingerprint density at radius 3 is 3.08 bits per heavy atom. The van der Waals surface area contributed by atoms with Crippen molar-refractivity contribution in [2.24, 2.45) is 0 Å². The van der Waals surface area contributed by atoms with Crippen LogP contribution in [0.5, 0.6) is 5.75 Å². The van der Waals surface area contributed by atoms with Crippen LogP contribution in [-0.4, -0.2) is 17.5 Å². The first-order valence-corrected chi connectivity index (χ1v) is 4.85. The van der Waals surface area contributed by atoms with Crippen molar-refractivity contribution in [1.82, 2.24) is 4.98 Å². The maximum atomic E-state index is 8.67. The van der Waals surface area contributed by atoms with Crippen molar-refractivity contribution >= 4 is 27.5 Å². The van der Waals surface area contributed by atoms with Crippen molar-refractivity contribution in [2.75, 3.05) is 12.5 Å². The van der Waals surface area contributed by atoms with Gasteiger partial charge in [0, 0.05) is 10.7 Å². The number of nitrogens with zero attached hydrogens (tertiary/aromatic N) is 2. The van der Waals surface area contributed by atoms with Crippen LogP contribution in [0.1, 0.15) is 5.69 Å². The Labute approximate surface area is 89.4 Å². The molecule has 0 aromatic carbocycles. The number of hydrogen-bond donors (Lipinski definition) is 0. The highest BCUT2D eigenvalue weighted by molar-refractivity contribution is 9.10. The van der Waals surface area contributed by atoms with E-state index in [0.29, 0.717) is 18.2 Å². The van der Waals surface area contributed by atoms with Crippen molar-refractivity contribution in [3.8, 4) is 11.8 Å². The topological polar surface area (TPSA) is 45.9 Å². The summed E-state index contributed by atoms with van der Waals surface area (Å²) < 4.78 is 5.99. The predicted octanol–water partition coefficient (Wildman–Crippen LogP) is 2.33. The van der Waals surface area contributed by atoms with E-state index < -0.39 is 0 Å². The van der Waals surface area contributed by atoms with Gasteiger partial charge in [-0.15, -0.1) is 11.6 Å². The summed E-state index contributed by atoms with van der Waals surface area (Å²) in [5, 5.41) is 8.67. The van der Waals surface area contributed by atoms with Crippen molar-refractivity contribution in [3.63, 3.8) is 0 Å². The van der Waals surface area contributed by atoms with Gasteiger partial charge in [0.05, 0.1) is 5.88 Å². The highest BCUT2D eigenvalue weighted by Gasteiger charge is 2.04. The van der Waals surface area contributed by atoms with Gasteiger partial charge in [-0.3, -0.25) is 0 Å². The van der Waals surface area contributed by atoms with Gasteiger partial charge < -0.3 is 4.74 Å². The predicted molar refractivity (Wildman–Crippen MR) is 52.9 cm³/mol. The lowest BCUT2D eigenvalue weighted by Gasteiger charge is -2.04. The molecule has 1 rings (SSSR count). The molecule has 1 aromatic heterocycles. The fourth-order valence-corrected chi connectivity index (χ4v) is 1.15. The fourth-order valence-electron chi connectivity index (χ4n) is 0.763. The standard InChI is InChI=1S/C8H6BrClN2O/c9-6-3-8(13-2-1-10)7(4-11)12-5-6/h3,5H,1-2H2. The fraction of sp³-hybridized carbons (Fsp3) is 0.250. The zero-order valence-corrected chi connectivity index (χ0v) is 8.97. The number of hydrogen-bond acceptors (Lipinski definition) is 3. The molecule has 0 atom stereocenters. The molecule has 5 heteroatoms. The Kier molecular flexibility index (Phi) is 4.00. The molecule has 13 heavy (non-hydrogen) atoms. The van der Waals surface area contributed by atoms with E-state index >= 15 is 0 Å². The lowest BCUT2D eigenvalue weighted by atomic mass is 10.3. The summed E-state index contributed by atoms with van der Waals surface area (Å²) in [5.74, 6) is 0.842. The molecule has 1 heterocycles. The normalized spacial score (nSPS) is 9.31. The van der Waals surface area contributed by atoms with Crippen molar-refractivity contribution < 1.29 is 4.74 Å². The number of nitriles is 1. The molecule has 0 spiro atoms. The van der Waals surface area contributed by atoms with Gasteiger partial charge in [0.15, 0.2) is 11.4 Å². The summed E-state index contributed by atoms with van der Waals surface area (Å²) in [4.78, 5) is 3.87. The van der Waals surface area contributed by atoms with Crippen LogP contribution >= 0.6 is 27.5 Å². The highest BCUT2D eigenvalue weighted by atomic mass is 79.9. The number of aromatic nitrogens is 1. The second kappa shape index (κ2) is 5.05. The molecule has 0 aliphatic rings. The van der Waals surface area contributed by atoms with E-state index in [1.165, 1.54) is 0 Å². The van der Waals surface area contributed by atoms with E-state index in [2.05, 4.69) is 20.9 Å². The summed E-state index contributed by atoms with van der Waals surface area (Å²) >= 11 is 8.68. The first kappa shape index (κ1) is 10.3. The van der Waals surface area contributed by atoms with E-state index in [4.69, 9.17) is 21.6 Å². The lowest BCUT2D eigenvalue weighted by Crippen LogP contribution is -2.00. The Balaban J connectivity index is 2.89. The van der Waals surface area contributed by atoms with Crippen LogP contribution in [0.3, 0.4) is 0 Å². The van der Waals surface area contributed by atoms with E-state index in [9.17, 15) is 0 Å². The van der Waals surface area contributed by atoms with Gasteiger partial charge in [0.2, 0.25) is 0 Å². The van der Waals surface area contributed by atoms with Crippen molar-refractivity contribution in [2.45, 2.75) is 0 Å². The molecule has 3 nitrogen and oxygen atoms in total. The summed E-state index contributed by atoms with van der Waals surface area (Å²) in [5.41, 5.74) is 0.272. The quantitative estimate of drug-likeness (QED) is 0.785. The average molecular weight is 262 g/mol. The molecule has 0 aliphatic heterocycles. The first-order valence-electron chi connectivity index (χ1n) is 3.52. The summed E-state index contributed by atoms with van der Waals surface area (Å²) in [6.45, 7) is 0.369. The summed E-state index contributed by atoms with van der Waals surface area (Å²) in [7, 11) is 0. The Morgan fingerprint density at radius 1 is 1.69 bits per heavy atom. The molecule has 0 aliphatic carbocycles. The number of halogens is 2. The summed E-state index contributed by atoms with van der Waals surface area (Å²) in [6, 6.07) is 3.62. The molecule has 0 fully saturated rings. The van der Waals surface area contributed by atoms with Crippen LogP contribution < -0.4 is 4.74 Å². The SMILES string of the molecule is N#Cc1ncc(Br)cc1OCCCl. The minimum Gasteiger partial charge on any atom is -0.489 e. The molecule has 0 radical (unpaired) electrons. The minimum absolute atomic E-state index is 0.272. The number of pyridine rings is 1. The van der Waals surface area contributed by atoms with Gasteiger partial charge in [-0.25, -0.2) is 4.98 Å². The van der Waals surface area contributed by atoms with Crippen LogP contribution in [-0.2, 0) is 0 Å². The monoisotopic (exact) mass is 260 g/mol. The summed E-state index contributed by atoms with van der Waals surface area (Å²) in [6.07, 6.45) is 1.55. The average Bonchev–Trinajstić information content (AvgIpc) is 2.15. The lowest BCUT2D eigenvalue weighted by molar-refractivity contribution is 0.340. The Bertz CT molecular complexity index is 337. The minimum atomic E-state index is 0.272. The number of ether oxygens (including phenoxy) is 1. The Hall–Kier alpha value is -0.790. The van der Waals surface area contributed by atoms with E-state index in [1.807, 2.05) is 6.07 Å². The second-order valence-electron chi connectivity index (χ2n) is 2.15. The molecule has 1 aromatic rings. The van der Waals surface area contributed by atoms with Gasteiger partial charge in [-0.05, 0) is 22.0 Å². The molecule has 0 saturated carbocycles. The van der Waals surface area contributed by atoms with Crippen LogP contribution in [0.2, 0.25) is 0 Å². The zero-order chi connectivity index (χ0) is 9.68. The van der Waals surface area contributed by atoms with Crippen molar-refractivity contribution in [3.05, 3.63) is 22.4 Å². The van der Waals surface area contributed by atoms with Gasteiger partial charge in [0.25, 0.3) is 0 Å². The second-order valence-corrected chi connectivity index (χ2v) is 3.44. The van der Waals surface area contributed by atoms with Crippen LogP contribution in [0.25, 0.3) is 0 Å². The first-order chi connectivity index (χ1) is 6.27. The van der Waals surface area contributed by atoms with Crippen LogP contribution in [0.4, 0.5) is 0 Å². The molecule has 0 bridgehead atoms. The molecular formula is C8H6BrClN2O. The smallest absolute Gasteiger partial charge is 0.182 e. The molecular weight excluding hydrogens is 255 g/mol. The van der Waals surface area contributed by atoms with Crippen LogP contribution in [0, 0.1) is 11.3 Å². The largest absolute Gasteiger partial charge is 0.489 e. The third kappa shape index (κ3) is 2.87. The van der Waals surface area contributed by atoms with Gasteiger partial charge >= 0.3 is 0 Å². The van der Waals surface area contributed by atoms with E-state index in [-0.39, 0.29) is 5.69 Å². The molecule has 68 valence electrons. The highest BCUT2D eigenvalue weighted by Crippen LogP contribution is 2.20. The molecule has 0 unspecified atom stereocenters. The number of alkyl halides is 1. The van der Waals surface area contributed by atoms with Gasteiger partial charge in [-0.2, -0.15) is 5.26 Å². The Morgan fingerprint density at radius 2 is 2.46 bits per heavy atom.